The van der Waals surface area contributed by atoms with Crippen LogP contribution in [0.1, 0.15) is 24.2 Å². The highest BCUT2D eigenvalue weighted by Gasteiger charge is 2.31. The number of amides is 1. The molecule has 1 aromatic carbocycles. The second-order valence-electron chi connectivity index (χ2n) is 5.47. The molecule has 1 atom stereocenters. The Hall–Kier alpha value is -2.02. The molecule has 1 saturated heterocycles. The van der Waals surface area contributed by atoms with Crippen molar-refractivity contribution in [3.05, 3.63) is 35.7 Å². The van der Waals surface area contributed by atoms with Gasteiger partial charge in [-0.25, -0.2) is 4.68 Å². The number of carbonyl (C=O) groups is 1. The zero-order valence-electron chi connectivity index (χ0n) is 12.7. The summed E-state index contributed by atoms with van der Waals surface area (Å²) >= 11 is 1.39. The Morgan fingerprint density at radius 3 is 2.59 bits per heavy atom. The molecule has 0 radical (unpaired) electrons. The lowest BCUT2D eigenvalue weighted by Gasteiger charge is -2.31. The van der Waals surface area contributed by atoms with E-state index in [0.717, 1.165) is 25.1 Å². The zero-order valence-corrected chi connectivity index (χ0v) is 13.5. The van der Waals surface area contributed by atoms with Crippen molar-refractivity contribution in [3.8, 4) is 0 Å². The molecule has 1 unspecified atom stereocenters. The van der Waals surface area contributed by atoms with E-state index in [2.05, 4.69) is 10.2 Å². The van der Waals surface area contributed by atoms with E-state index in [1.54, 1.807) is 6.92 Å². The highest BCUT2D eigenvalue weighted by atomic mass is 32.2. The van der Waals surface area contributed by atoms with Crippen molar-refractivity contribution in [1.82, 2.24) is 14.9 Å². The van der Waals surface area contributed by atoms with Gasteiger partial charge in [0.05, 0.1) is 5.25 Å². The van der Waals surface area contributed by atoms with Crippen molar-refractivity contribution in [3.63, 3.8) is 0 Å². The van der Waals surface area contributed by atoms with Crippen LogP contribution >= 0.6 is 11.8 Å². The number of hydrogen-bond donors (Lipinski definition) is 1. The lowest BCUT2D eigenvalue weighted by molar-refractivity contribution is -0.119. The highest BCUT2D eigenvalue weighted by molar-refractivity contribution is 8.00. The molecular weight excluding hydrogens is 298 g/mol. The average molecular weight is 317 g/mol. The Morgan fingerprint density at radius 1 is 1.23 bits per heavy atom. The van der Waals surface area contributed by atoms with Gasteiger partial charge in [-0.15, -0.1) is 10.2 Å². The van der Waals surface area contributed by atoms with E-state index in [1.165, 1.54) is 22.0 Å². The first-order chi connectivity index (χ1) is 10.6. The lowest BCUT2D eigenvalue weighted by atomic mass is 10.1. The van der Waals surface area contributed by atoms with Crippen LogP contribution < -0.4 is 10.7 Å². The molecule has 1 aliphatic rings. The molecule has 1 aromatic heterocycles. The fourth-order valence-electron chi connectivity index (χ4n) is 2.49. The number of hydrogen-bond acceptors (Lipinski definition) is 5. The molecule has 2 aromatic rings. The number of carbonyl (C=O) groups excluding carboxylic acids is 1. The smallest absolute Gasteiger partial charge is 0.240 e. The largest absolute Gasteiger partial charge is 0.336 e. The predicted molar refractivity (Wildman–Crippen MR) is 87.3 cm³/mol. The summed E-state index contributed by atoms with van der Waals surface area (Å²) in [5.41, 5.74) is 2.14. The third-order valence-corrected chi connectivity index (χ3v) is 5.03. The van der Waals surface area contributed by atoms with E-state index >= 15 is 0 Å². The number of aromatic nitrogens is 3. The van der Waals surface area contributed by atoms with Gasteiger partial charge >= 0.3 is 0 Å². The Kier molecular flexibility index (Phi) is 4.06. The van der Waals surface area contributed by atoms with Crippen molar-refractivity contribution in [2.24, 2.45) is 0 Å². The maximum atomic E-state index is 12.7. The van der Waals surface area contributed by atoms with Gasteiger partial charge in [-0.05, 0) is 38.8 Å². The van der Waals surface area contributed by atoms with Crippen LogP contribution in [0.15, 0.2) is 29.4 Å². The number of anilines is 1. The van der Waals surface area contributed by atoms with E-state index in [9.17, 15) is 4.79 Å². The summed E-state index contributed by atoms with van der Waals surface area (Å²) in [6, 6.07) is 8.05. The van der Waals surface area contributed by atoms with E-state index in [1.807, 2.05) is 36.1 Å². The number of nitrogens with two attached hydrogens (primary N) is 1. The maximum absolute atomic E-state index is 12.7. The number of aryl methyl sites for hydroxylation is 2. The maximum Gasteiger partial charge on any atom is 0.240 e. The normalized spacial score (nSPS) is 18.7. The van der Waals surface area contributed by atoms with Crippen LogP contribution in [0.25, 0.3) is 0 Å². The fourth-order valence-corrected chi connectivity index (χ4v) is 3.59. The number of rotatable bonds is 3. The quantitative estimate of drug-likeness (QED) is 0.875. The predicted octanol–water partition coefficient (Wildman–Crippen LogP) is 1.90. The molecule has 0 aliphatic carbocycles. The van der Waals surface area contributed by atoms with Gasteiger partial charge in [0.2, 0.25) is 11.1 Å². The standard InChI is InChI=1S/C15H19N5OS/c1-10-5-7-12(8-6-10)19-9-3-4-13(14(19)21)22-15-18-17-11(2)20(15)16/h5-8,13H,3-4,9,16H2,1-2H3. The second kappa shape index (κ2) is 6.00. The minimum absolute atomic E-state index is 0.112. The molecule has 0 saturated carbocycles. The molecule has 7 heteroatoms. The van der Waals surface area contributed by atoms with Crippen LogP contribution in [0.5, 0.6) is 0 Å². The van der Waals surface area contributed by atoms with Gasteiger partial charge in [0.25, 0.3) is 0 Å². The monoisotopic (exact) mass is 317 g/mol. The molecule has 3 rings (SSSR count). The summed E-state index contributed by atoms with van der Waals surface area (Å²) < 4.78 is 1.43. The Bertz CT molecular complexity index is 682. The number of nitrogens with zero attached hydrogens (tertiary/aromatic N) is 4. The average Bonchev–Trinajstić information content (AvgIpc) is 2.82. The summed E-state index contributed by atoms with van der Waals surface area (Å²) in [5, 5.41) is 8.39. The molecular formula is C15H19N5OS. The number of benzene rings is 1. The molecule has 2 heterocycles. The summed E-state index contributed by atoms with van der Waals surface area (Å²) in [6.45, 7) is 4.59. The van der Waals surface area contributed by atoms with Gasteiger partial charge in [0, 0.05) is 12.2 Å². The van der Waals surface area contributed by atoms with Crippen molar-refractivity contribution in [2.75, 3.05) is 17.3 Å². The second-order valence-corrected chi connectivity index (χ2v) is 6.64. The van der Waals surface area contributed by atoms with Crippen LogP contribution in [0, 0.1) is 13.8 Å². The number of piperidine rings is 1. The molecule has 0 spiro atoms. The molecule has 1 aliphatic heterocycles. The fraction of sp³-hybridized carbons (Fsp3) is 0.400. The molecule has 0 bridgehead atoms. The number of nitrogen functional groups attached to an aromatic ring is 1. The van der Waals surface area contributed by atoms with Crippen LogP contribution in [-0.4, -0.2) is 32.6 Å². The van der Waals surface area contributed by atoms with Gasteiger partial charge < -0.3 is 10.7 Å². The van der Waals surface area contributed by atoms with E-state index in [0.29, 0.717) is 11.0 Å². The third-order valence-electron chi connectivity index (χ3n) is 3.82. The van der Waals surface area contributed by atoms with Gasteiger partial charge in [-0.2, -0.15) is 0 Å². The first kappa shape index (κ1) is 14.9. The summed E-state index contributed by atoms with van der Waals surface area (Å²) in [4.78, 5) is 14.6. The van der Waals surface area contributed by atoms with Gasteiger partial charge in [0.15, 0.2) is 0 Å². The Balaban J connectivity index is 1.78. The van der Waals surface area contributed by atoms with Crippen molar-refractivity contribution >= 4 is 23.4 Å². The zero-order chi connectivity index (χ0) is 15.7. The van der Waals surface area contributed by atoms with Crippen LogP contribution in [0.3, 0.4) is 0 Å². The Labute approximate surface area is 133 Å². The minimum Gasteiger partial charge on any atom is -0.336 e. The van der Waals surface area contributed by atoms with Gasteiger partial charge in [-0.1, -0.05) is 29.5 Å². The van der Waals surface area contributed by atoms with E-state index < -0.39 is 0 Å². The molecule has 2 N–H and O–H groups in total. The first-order valence-corrected chi connectivity index (χ1v) is 8.16. The molecule has 1 amide bonds. The van der Waals surface area contributed by atoms with Gasteiger partial charge in [-0.3, -0.25) is 4.79 Å². The lowest BCUT2D eigenvalue weighted by Crippen LogP contribution is -2.43. The first-order valence-electron chi connectivity index (χ1n) is 7.28. The summed E-state index contributed by atoms with van der Waals surface area (Å²) in [5.74, 6) is 6.63. The van der Waals surface area contributed by atoms with E-state index in [4.69, 9.17) is 5.84 Å². The van der Waals surface area contributed by atoms with Crippen molar-refractivity contribution in [1.29, 1.82) is 0 Å². The molecule has 6 nitrogen and oxygen atoms in total. The van der Waals surface area contributed by atoms with Crippen molar-refractivity contribution < 1.29 is 4.79 Å². The SMILES string of the molecule is Cc1ccc(N2CCCC(Sc3nnc(C)n3N)C2=O)cc1. The van der Waals surface area contributed by atoms with Crippen LogP contribution in [0.4, 0.5) is 5.69 Å². The third kappa shape index (κ3) is 2.81. The summed E-state index contributed by atoms with van der Waals surface area (Å²) in [7, 11) is 0. The van der Waals surface area contributed by atoms with Crippen LogP contribution in [-0.2, 0) is 4.79 Å². The van der Waals surface area contributed by atoms with Gasteiger partial charge in [0.1, 0.15) is 5.82 Å². The highest BCUT2D eigenvalue weighted by Crippen LogP contribution is 2.31. The summed E-state index contributed by atoms with van der Waals surface area (Å²) in [6.07, 6.45) is 1.80. The molecule has 116 valence electrons. The minimum atomic E-state index is -0.166. The molecule has 1 fully saturated rings. The Morgan fingerprint density at radius 2 is 1.95 bits per heavy atom. The van der Waals surface area contributed by atoms with Crippen molar-refractivity contribution in [2.45, 2.75) is 37.1 Å². The van der Waals surface area contributed by atoms with E-state index in [-0.39, 0.29) is 11.2 Å². The topological polar surface area (TPSA) is 77.0 Å². The molecule has 22 heavy (non-hydrogen) atoms. The van der Waals surface area contributed by atoms with Crippen LogP contribution in [0.2, 0.25) is 0 Å². The number of thioether (sulfide) groups is 1.